The minimum atomic E-state index is -2.13. The first-order valence-electron chi connectivity index (χ1n) is 21.2. The minimum Gasteiger partial charge on any atom is -0.432 e. The van der Waals surface area contributed by atoms with Crippen LogP contribution in [0.1, 0.15) is 110 Å². The number of rotatable bonds is 26. The SMILES string of the molecule is CCCCCCCCCCCCCCCCO[C@H](CC)COC(=O)O[C@@H]1C(O[C@H]2OC(CO)[C@@H](O)[C@H](O)C2O)C(O)[C@@H](O)[C@H](O)C1O[C@H]1OC(CO)[C@@H](O)C(O)[C@H]1O. The summed E-state index contributed by atoms with van der Waals surface area (Å²) in [6.07, 6.45) is -14.9. The second kappa shape index (κ2) is 26.9. The molecular weight excluding hydrogens is 772 g/mol. The third kappa shape index (κ3) is 14.9. The van der Waals surface area contributed by atoms with Crippen LogP contribution in [-0.2, 0) is 33.2 Å². The fourth-order valence-corrected chi connectivity index (χ4v) is 7.42. The van der Waals surface area contributed by atoms with Crippen molar-refractivity contribution in [2.75, 3.05) is 26.4 Å². The van der Waals surface area contributed by atoms with E-state index in [0.717, 1.165) is 25.7 Å². The molecule has 2 saturated heterocycles. The highest BCUT2D eigenvalue weighted by molar-refractivity contribution is 5.60. The van der Waals surface area contributed by atoms with Crippen molar-refractivity contribution >= 4 is 6.16 Å². The lowest BCUT2D eigenvalue weighted by Gasteiger charge is -2.49. The van der Waals surface area contributed by atoms with Crippen LogP contribution in [0.2, 0.25) is 0 Å². The predicted molar refractivity (Wildman–Crippen MR) is 202 cm³/mol. The van der Waals surface area contributed by atoms with Crippen LogP contribution in [0.4, 0.5) is 4.79 Å². The van der Waals surface area contributed by atoms with Crippen LogP contribution >= 0.6 is 0 Å². The fraction of sp³-hybridized carbons (Fsp3) is 0.974. The van der Waals surface area contributed by atoms with E-state index in [1.807, 2.05) is 6.92 Å². The maximum atomic E-state index is 13.2. The Balaban J connectivity index is 1.59. The summed E-state index contributed by atoms with van der Waals surface area (Å²) in [4.78, 5) is 13.2. The molecule has 0 aromatic rings. The molecule has 0 amide bonds. The van der Waals surface area contributed by atoms with E-state index in [4.69, 9.17) is 33.2 Å². The largest absolute Gasteiger partial charge is 0.508 e. The van der Waals surface area contributed by atoms with E-state index in [-0.39, 0.29) is 6.61 Å². The Kier molecular flexibility index (Phi) is 23.6. The van der Waals surface area contributed by atoms with Gasteiger partial charge in [-0.3, -0.25) is 0 Å². The van der Waals surface area contributed by atoms with Crippen molar-refractivity contribution in [2.45, 2.75) is 214 Å². The molecule has 342 valence electrons. The van der Waals surface area contributed by atoms with Gasteiger partial charge in [0, 0.05) is 6.61 Å². The Labute approximate surface area is 340 Å². The highest BCUT2D eigenvalue weighted by atomic mass is 16.8. The standard InChI is InChI=1S/C39H72O19/c1-3-5-6-7-8-9-10-11-12-13-14-15-16-17-18-52-22(4-2)21-53-39(51)58-36-34(56-37-32(49)27(44)25(42)23(19-40)54-37)30(47)29(46)31(48)35(36)57-38-33(50)28(45)26(43)24(20-41)55-38/h22-38,40-50H,3-21H2,1-2H3/t22-,23?,24?,25-,26-,27+,28?,29-,30?,31+,32?,33-,34?,35?,36-,37-,38-/m1/s1. The summed E-state index contributed by atoms with van der Waals surface area (Å²) < 4.78 is 38.9. The van der Waals surface area contributed by atoms with Crippen LogP contribution in [0.5, 0.6) is 0 Å². The van der Waals surface area contributed by atoms with Gasteiger partial charge in [0.1, 0.15) is 86.0 Å². The van der Waals surface area contributed by atoms with Gasteiger partial charge < -0.3 is 89.3 Å². The van der Waals surface area contributed by atoms with E-state index in [9.17, 15) is 61.0 Å². The zero-order valence-electron chi connectivity index (χ0n) is 33.9. The zero-order chi connectivity index (χ0) is 42.8. The van der Waals surface area contributed by atoms with Crippen molar-refractivity contribution in [3.8, 4) is 0 Å². The quantitative estimate of drug-likeness (QED) is 0.0377. The van der Waals surface area contributed by atoms with Crippen molar-refractivity contribution in [2.24, 2.45) is 0 Å². The molecule has 11 N–H and O–H groups in total. The number of carbonyl (C=O) groups is 1. The summed E-state index contributed by atoms with van der Waals surface area (Å²) in [5, 5.41) is 115. The van der Waals surface area contributed by atoms with E-state index in [0.29, 0.717) is 13.0 Å². The summed E-state index contributed by atoms with van der Waals surface area (Å²) in [7, 11) is 0. The van der Waals surface area contributed by atoms with E-state index in [1.165, 1.54) is 64.2 Å². The van der Waals surface area contributed by atoms with Gasteiger partial charge in [0.05, 0.1) is 19.3 Å². The Morgan fingerprint density at radius 3 is 1.31 bits per heavy atom. The highest BCUT2D eigenvalue weighted by Gasteiger charge is 2.57. The first-order chi connectivity index (χ1) is 27.8. The second-order valence-corrected chi connectivity index (χ2v) is 15.7. The number of aliphatic hydroxyl groups is 11. The van der Waals surface area contributed by atoms with Crippen molar-refractivity contribution in [1.29, 1.82) is 0 Å². The van der Waals surface area contributed by atoms with Gasteiger partial charge in [-0.05, 0) is 12.8 Å². The van der Waals surface area contributed by atoms with Crippen LogP contribution in [-0.4, -0.2) is 193 Å². The van der Waals surface area contributed by atoms with E-state index >= 15 is 0 Å². The molecule has 17 atom stereocenters. The molecule has 1 saturated carbocycles. The smallest absolute Gasteiger partial charge is 0.432 e. The molecule has 0 bridgehead atoms. The monoisotopic (exact) mass is 844 g/mol. The zero-order valence-corrected chi connectivity index (χ0v) is 33.9. The molecule has 19 heteroatoms. The number of unbranched alkanes of at least 4 members (excludes halogenated alkanes) is 13. The Hall–Kier alpha value is -1.37. The summed E-state index contributed by atoms with van der Waals surface area (Å²) >= 11 is 0. The van der Waals surface area contributed by atoms with Gasteiger partial charge in [-0.25, -0.2) is 4.79 Å². The summed E-state index contributed by atoms with van der Waals surface area (Å²) in [5.41, 5.74) is 0. The van der Waals surface area contributed by atoms with Crippen molar-refractivity contribution < 1.29 is 94.1 Å². The van der Waals surface area contributed by atoms with Crippen molar-refractivity contribution in [1.82, 2.24) is 0 Å². The van der Waals surface area contributed by atoms with Crippen LogP contribution < -0.4 is 0 Å². The third-order valence-electron chi connectivity index (χ3n) is 11.2. The molecule has 0 spiro atoms. The number of hydrogen-bond acceptors (Lipinski definition) is 19. The number of carbonyl (C=O) groups excluding carboxylic acids is 1. The number of hydrogen-bond donors (Lipinski definition) is 11. The fourth-order valence-electron chi connectivity index (χ4n) is 7.42. The second-order valence-electron chi connectivity index (χ2n) is 15.7. The molecule has 19 nitrogen and oxygen atoms in total. The van der Waals surface area contributed by atoms with E-state index in [1.54, 1.807) is 0 Å². The Morgan fingerprint density at radius 2 is 0.914 bits per heavy atom. The van der Waals surface area contributed by atoms with Crippen molar-refractivity contribution in [3.05, 3.63) is 0 Å². The third-order valence-corrected chi connectivity index (χ3v) is 11.2. The Bertz CT molecular complexity index is 1050. The Morgan fingerprint density at radius 1 is 0.517 bits per heavy atom. The van der Waals surface area contributed by atoms with Gasteiger partial charge in [-0.15, -0.1) is 0 Å². The van der Waals surface area contributed by atoms with Gasteiger partial charge in [0.15, 0.2) is 18.7 Å². The number of aliphatic hydroxyl groups excluding tert-OH is 11. The molecule has 0 aromatic heterocycles. The molecule has 2 aliphatic heterocycles. The van der Waals surface area contributed by atoms with Crippen LogP contribution in [0, 0.1) is 0 Å². The first kappa shape index (κ1) is 51.0. The molecule has 1 aliphatic carbocycles. The molecule has 0 aromatic carbocycles. The maximum absolute atomic E-state index is 13.2. The van der Waals surface area contributed by atoms with Crippen molar-refractivity contribution in [3.63, 3.8) is 0 Å². The van der Waals surface area contributed by atoms with Gasteiger partial charge >= 0.3 is 6.16 Å². The number of ether oxygens (including phenoxy) is 7. The van der Waals surface area contributed by atoms with E-state index in [2.05, 4.69) is 6.92 Å². The molecule has 7 unspecified atom stereocenters. The summed E-state index contributed by atoms with van der Waals surface area (Å²) in [6.45, 7) is 2.53. The van der Waals surface area contributed by atoms with Crippen LogP contribution in [0.25, 0.3) is 0 Å². The first-order valence-corrected chi connectivity index (χ1v) is 21.2. The van der Waals surface area contributed by atoms with Gasteiger partial charge in [-0.1, -0.05) is 97.3 Å². The molecule has 2 heterocycles. The lowest BCUT2D eigenvalue weighted by molar-refractivity contribution is -0.361. The molecular formula is C39H72O19. The lowest BCUT2D eigenvalue weighted by Crippen LogP contribution is -2.69. The molecule has 58 heavy (non-hydrogen) atoms. The minimum absolute atomic E-state index is 0.273. The maximum Gasteiger partial charge on any atom is 0.508 e. The summed E-state index contributed by atoms with van der Waals surface area (Å²) in [6, 6.07) is 0. The average molecular weight is 845 g/mol. The average Bonchev–Trinajstić information content (AvgIpc) is 3.22. The van der Waals surface area contributed by atoms with Gasteiger partial charge in [0.2, 0.25) is 0 Å². The van der Waals surface area contributed by atoms with Gasteiger partial charge in [0.25, 0.3) is 0 Å². The van der Waals surface area contributed by atoms with Gasteiger partial charge in [-0.2, -0.15) is 0 Å². The normalized spacial score (nSPS) is 37.4. The topological polar surface area (TPSA) is 304 Å². The molecule has 3 rings (SSSR count). The van der Waals surface area contributed by atoms with E-state index < -0.39 is 124 Å². The lowest BCUT2D eigenvalue weighted by atomic mass is 9.84. The highest BCUT2D eigenvalue weighted by Crippen LogP contribution is 2.34. The summed E-state index contributed by atoms with van der Waals surface area (Å²) in [5.74, 6) is 0. The molecule has 0 radical (unpaired) electrons. The van der Waals surface area contributed by atoms with Crippen LogP contribution in [0.15, 0.2) is 0 Å². The molecule has 3 fully saturated rings. The predicted octanol–water partition coefficient (Wildman–Crippen LogP) is -0.749. The van der Waals surface area contributed by atoms with Crippen LogP contribution in [0.3, 0.4) is 0 Å². The molecule has 3 aliphatic rings.